The average Bonchev–Trinajstić information content (AvgIpc) is 2.73. The van der Waals surface area contributed by atoms with Crippen molar-refractivity contribution in [1.82, 2.24) is 5.32 Å². The Hall–Kier alpha value is -1.60. The molecule has 7 heteroatoms. The molecule has 4 nitrogen and oxygen atoms in total. The molecule has 2 rings (SSSR count). The van der Waals surface area contributed by atoms with Crippen molar-refractivity contribution in [2.75, 3.05) is 13.2 Å². The van der Waals surface area contributed by atoms with Gasteiger partial charge in [-0.15, -0.1) is 0 Å². The Morgan fingerprint density at radius 1 is 1.35 bits per heavy atom. The first-order valence-corrected chi connectivity index (χ1v) is 6.03. The van der Waals surface area contributed by atoms with Crippen LogP contribution in [0.5, 0.6) is 0 Å². The fourth-order valence-corrected chi connectivity index (χ4v) is 1.87. The molecule has 1 aliphatic rings. The van der Waals surface area contributed by atoms with Gasteiger partial charge in [-0.1, -0.05) is 0 Å². The second-order valence-corrected chi connectivity index (χ2v) is 4.88. The highest BCUT2D eigenvalue weighted by Crippen LogP contribution is 2.22. The van der Waals surface area contributed by atoms with E-state index in [4.69, 9.17) is 9.47 Å². The highest BCUT2D eigenvalue weighted by molar-refractivity contribution is 5.94. The zero-order valence-corrected chi connectivity index (χ0v) is 11.0. The van der Waals surface area contributed by atoms with Gasteiger partial charge in [0, 0.05) is 6.54 Å². The van der Waals surface area contributed by atoms with Crippen LogP contribution in [0.4, 0.5) is 13.2 Å². The molecule has 1 aliphatic heterocycles. The highest BCUT2D eigenvalue weighted by atomic mass is 19.2. The molecule has 1 heterocycles. The van der Waals surface area contributed by atoms with Crippen LogP contribution < -0.4 is 5.32 Å². The van der Waals surface area contributed by atoms with Gasteiger partial charge in [0.15, 0.2) is 23.2 Å². The Labute approximate surface area is 113 Å². The maximum Gasteiger partial charge on any atom is 0.254 e. The molecule has 0 bridgehead atoms. The molecule has 0 aliphatic carbocycles. The van der Waals surface area contributed by atoms with Gasteiger partial charge >= 0.3 is 0 Å². The molecule has 110 valence electrons. The third-order valence-electron chi connectivity index (χ3n) is 2.84. The molecule has 1 fully saturated rings. The standard InChI is InChI=1S/C13H14F3NO3/c1-13(2)19-6-7(20-13)5-17-12(18)8-3-4-9(14)11(16)10(8)15/h3-4,7H,5-6H2,1-2H3,(H,17,18). The second kappa shape index (κ2) is 5.41. The first-order chi connectivity index (χ1) is 9.30. The van der Waals surface area contributed by atoms with Crippen molar-refractivity contribution < 1.29 is 27.4 Å². The van der Waals surface area contributed by atoms with E-state index in [1.807, 2.05) is 0 Å². The minimum absolute atomic E-state index is 0.0840. The smallest absolute Gasteiger partial charge is 0.254 e. The number of carbonyl (C=O) groups excluding carboxylic acids is 1. The number of ether oxygens (including phenoxy) is 2. The van der Waals surface area contributed by atoms with Gasteiger partial charge in [-0.25, -0.2) is 13.2 Å². The van der Waals surface area contributed by atoms with Crippen LogP contribution in [0.1, 0.15) is 24.2 Å². The molecule has 1 amide bonds. The average molecular weight is 289 g/mol. The largest absolute Gasteiger partial charge is 0.349 e. The minimum atomic E-state index is -1.67. The van der Waals surface area contributed by atoms with Crippen molar-refractivity contribution >= 4 is 5.91 Å². The fraction of sp³-hybridized carbons (Fsp3) is 0.462. The van der Waals surface area contributed by atoms with Crippen LogP contribution in [-0.4, -0.2) is 30.9 Å². The van der Waals surface area contributed by atoms with Gasteiger partial charge in [0.1, 0.15) is 6.10 Å². The van der Waals surface area contributed by atoms with Crippen LogP contribution >= 0.6 is 0 Å². The molecule has 0 saturated carbocycles. The Morgan fingerprint density at radius 3 is 2.65 bits per heavy atom. The molecular formula is C13H14F3NO3. The number of amides is 1. The van der Waals surface area contributed by atoms with Crippen LogP contribution in [0.3, 0.4) is 0 Å². The normalized spacial score (nSPS) is 20.9. The maximum absolute atomic E-state index is 13.4. The number of benzene rings is 1. The Morgan fingerprint density at radius 2 is 2.05 bits per heavy atom. The zero-order chi connectivity index (χ0) is 14.9. The van der Waals surface area contributed by atoms with Gasteiger partial charge in [-0.2, -0.15) is 0 Å². The van der Waals surface area contributed by atoms with Gasteiger partial charge in [0.25, 0.3) is 5.91 Å². The van der Waals surface area contributed by atoms with Crippen LogP contribution in [0, 0.1) is 17.5 Å². The van der Waals surface area contributed by atoms with Crippen molar-refractivity contribution in [1.29, 1.82) is 0 Å². The summed E-state index contributed by atoms with van der Waals surface area (Å²) in [6, 6.07) is 1.59. The summed E-state index contributed by atoms with van der Waals surface area (Å²) in [4.78, 5) is 11.7. The number of nitrogens with one attached hydrogen (secondary N) is 1. The molecule has 1 N–H and O–H groups in total. The number of rotatable bonds is 3. The summed E-state index contributed by atoms with van der Waals surface area (Å²) in [6.07, 6.45) is -0.373. The second-order valence-electron chi connectivity index (χ2n) is 4.88. The van der Waals surface area contributed by atoms with E-state index in [2.05, 4.69) is 5.32 Å². The molecule has 20 heavy (non-hydrogen) atoms. The topological polar surface area (TPSA) is 47.6 Å². The van der Waals surface area contributed by atoms with Crippen LogP contribution in [-0.2, 0) is 9.47 Å². The summed E-state index contributed by atoms with van der Waals surface area (Å²) in [7, 11) is 0. The predicted octanol–water partition coefficient (Wildman–Crippen LogP) is 1.99. The monoisotopic (exact) mass is 289 g/mol. The summed E-state index contributed by atoms with van der Waals surface area (Å²) in [5.41, 5.74) is -0.554. The van der Waals surface area contributed by atoms with Crippen molar-refractivity contribution in [2.45, 2.75) is 25.7 Å². The molecular weight excluding hydrogens is 275 g/mol. The summed E-state index contributed by atoms with van der Waals surface area (Å²) < 4.78 is 49.9. The van der Waals surface area contributed by atoms with Crippen LogP contribution in [0.25, 0.3) is 0 Å². The van der Waals surface area contributed by atoms with E-state index in [1.165, 1.54) is 0 Å². The predicted molar refractivity (Wildman–Crippen MR) is 63.6 cm³/mol. The third kappa shape index (κ3) is 3.10. The molecule has 0 radical (unpaired) electrons. The van der Waals surface area contributed by atoms with Gasteiger partial charge in [0.2, 0.25) is 0 Å². The van der Waals surface area contributed by atoms with Crippen molar-refractivity contribution in [3.8, 4) is 0 Å². The van der Waals surface area contributed by atoms with E-state index in [0.717, 1.165) is 6.07 Å². The van der Waals surface area contributed by atoms with E-state index in [-0.39, 0.29) is 19.3 Å². The Balaban J connectivity index is 1.98. The van der Waals surface area contributed by atoms with Gasteiger partial charge in [-0.05, 0) is 26.0 Å². The number of hydrogen-bond acceptors (Lipinski definition) is 3. The lowest BCUT2D eigenvalue weighted by atomic mass is 10.2. The van der Waals surface area contributed by atoms with Crippen molar-refractivity contribution in [2.24, 2.45) is 0 Å². The van der Waals surface area contributed by atoms with E-state index in [0.29, 0.717) is 6.07 Å². The molecule has 1 aromatic rings. The molecule has 1 atom stereocenters. The van der Waals surface area contributed by atoms with Gasteiger partial charge in [-0.3, -0.25) is 4.79 Å². The number of carbonyl (C=O) groups is 1. The zero-order valence-electron chi connectivity index (χ0n) is 11.0. The first-order valence-electron chi connectivity index (χ1n) is 6.03. The summed E-state index contributed by atoms with van der Waals surface area (Å²) in [5, 5.41) is 2.39. The Bertz CT molecular complexity index is 534. The van der Waals surface area contributed by atoms with Crippen LogP contribution in [0.2, 0.25) is 0 Å². The third-order valence-corrected chi connectivity index (χ3v) is 2.84. The summed E-state index contributed by atoms with van der Waals surface area (Å²) >= 11 is 0. The maximum atomic E-state index is 13.4. The first kappa shape index (κ1) is 14.8. The molecule has 0 aromatic heterocycles. The minimum Gasteiger partial charge on any atom is -0.349 e. The summed E-state index contributed by atoms with van der Waals surface area (Å²) in [5.74, 6) is -6.09. The lowest BCUT2D eigenvalue weighted by Crippen LogP contribution is -2.35. The fourth-order valence-electron chi connectivity index (χ4n) is 1.87. The van der Waals surface area contributed by atoms with Gasteiger partial charge in [0.05, 0.1) is 12.2 Å². The van der Waals surface area contributed by atoms with E-state index in [9.17, 15) is 18.0 Å². The van der Waals surface area contributed by atoms with E-state index >= 15 is 0 Å². The van der Waals surface area contributed by atoms with Crippen molar-refractivity contribution in [3.05, 3.63) is 35.1 Å². The quantitative estimate of drug-likeness (QED) is 0.866. The summed E-state index contributed by atoms with van der Waals surface area (Å²) in [6.45, 7) is 3.82. The molecule has 0 spiro atoms. The SMILES string of the molecule is CC1(C)OCC(CNC(=O)c2ccc(F)c(F)c2F)O1. The van der Waals surface area contributed by atoms with Gasteiger partial charge < -0.3 is 14.8 Å². The highest BCUT2D eigenvalue weighted by Gasteiger charge is 2.32. The molecule has 1 saturated heterocycles. The van der Waals surface area contributed by atoms with Crippen molar-refractivity contribution in [3.63, 3.8) is 0 Å². The van der Waals surface area contributed by atoms with E-state index in [1.54, 1.807) is 13.8 Å². The Kier molecular flexibility index (Phi) is 4.01. The molecule has 1 aromatic carbocycles. The van der Waals surface area contributed by atoms with E-state index < -0.39 is 34.7 Å². The lowest BCUT2D eigenvalue weighted by molar-refractivity contribution is -0.137. The number of halogens is 3. The molecule has 1 unspecified atom stereocenters. The lowest BCUT2D eigenvalue weighted by Gasteiger charge is -2.17. The number of hydrogen-bond donors (Lipinski definition) is 1. The van der Waals surface area contributed by atoms with Crippen LogP contribution in [0.15, 0.2) is 12.1 Å².